The Kier molecular flexibility index (Phi) is 2.54. The molecule has 15 heavy (non-hydrogen) atoms. The van der Waals surface area contributed by atoms with Crippen molar-refractivity contribution in [1.82, 2.24) is 5.32 Å². The molecule has 86 valence electrons. The lowest BCUT2D eigenvalue weighted by atomic mass is 9.68. The maximum atomic E-state index is 3.50. The first-order valence-electron chi connectivity index (χ1n) is 7.02. The SMILES string of the molecule is CCCC1(CC2CC3CCC2C3)CNC1. The van der Waals surface area contributed by atoms with Crippen molar-refractivity contribution in [3.05, 3.63) is 0 Å². The van der Waals surface area contributed by atoms with Crippen LogP contribution in [0.3, 0.4) is 0 Å². The zero-order valence-corrected chi connectivity index (χ0v) is 10.1. The Balaban J connectivity index is 1.59. The maximum absolute atomic E-state index is 3.50. The summed E-state index contributed by atoms with van der Waals surface area (Å²) in [5.74, 6) is 3.37. The van der Waals surface area contributed by atoms with Crippen LogP contribution in [-0.2, 0) is 0 Å². The van der Waals surface area contributed by atoms with E-state index >= 15 is 0 Å². The van der Waals surface area contributed by atoms with Gasteiger partial charge >= 0.3 is 0 Å². The third-order valence-corrected chi connectivity index (χ3v) is 5.36. The summed E-state index contributed by atoms with van der Waals surface area (Å²) >= 11 is 0. The van der Waals surface area contributed by atoms with Gasteiger partial charge in [-0.1, -0.05) is 19.8 Å². The van der Waals surface area contributed by atoms with Crippen molar-refractivity contribution in [2.75, 3.05) is 13.1 Å². The lowest BCUT2D eigenvalue weighted by molar-refractivity contribution is 0.0912. The van der Waals surface area contributed by atoms with Gasteiger partial charge in [0, 0.05) is 13.1 Å². The van der Waals surface area contributed by atoms with Crippen molar-refractivity contribution < 1.29 is 0 Å². The van der Waals surface area contributed by atoms with E-state index in [4.69, 9.17) is 0 Å². The van der Waals surface area contributed by atoms with Crippen molar-refractivity contribution in [3.63, 3.8) is 0 Å². The minimum absolute atomic E-state index is 0.726. The fraction of sp³-hybridized carbons (Fsp3) is 1.00. The van der Waals surface area contributed by atoms with Crippen molar-refractivity contribution in [2.24, 2.45) is 23.2 Å². The molecule has 1 aliphatic heterocycles. The summed E-state index contributed by atoms with van der Waals surface area (Å²) in [6.45, 7) is 4.98. The smallest absolute Gasteiger partial charge is 0.00203 e. The number of hydrogen-bond acceptors (Lipinski definition) is 1. The molecule has 0 spiro atoms. The third kappa shape index (κ3) is 1.73. The molecule has 3 atom stereocenters. The molecule has 0 aromatic rings. The van der Waals surface area contributed by atoms with Crippen molar-refractivity contribution >= 4 is 0 Å². The van der Waals surface area contributed by atoms with E-state index < -0.39 is 0 Å². The average molecular weight is 207 g/mol. The van der Waals surface area contributed by atoms with Gasteiger partial charge in [0.15, 0.2) is 0 Å². The van der Waals surface area contributed by atoms with Gasteiger partial charge in [-0.2, -0.15) is 0 Å². The van der Waals surface area contributed by atoms with Gasteiger partial charge in [-0.05, 0) is 55.3 Å². The lowest BCUT2D eigenvalue weighted by Crippen LogP contribution is -2.54. The third-order valence-electron chi connectivity index (χ3n) is 5.36. The molecule has 3 aliphatic rings. The number of rotatable bonds is 4. The molecule has 0 aromatic heterocycles. The van der Waals surface area contributed by atoms with E-state index in [-0.39, 0.29) is 0 Å². The van der Waals surface area contributed by atoms with Gasteiger partial charge in [0.1, 0.15) is 0 Å². The summed E-state index contributed by atoms with van der Waals surface area (Å²) in [5.41, 5.74) is 0.726. The Morgan fingerprint density at radius 1 is 1.20 bits per heavy atom. The predicted molar refractivity (Wildman–Crippen MR) is 63.8 cm³/mol. The molecule has 1 nitrogen and oxygen atoms in total. The second-order valence-electron chi connectivity index (χ2n) is 6.49. The molecular weight excluding hydrogens is 182 g/mol. The summed E-state index contributed by atoms with van der Waals surface area (Å²) in [4.78, 5) is 0. The number of hydrogen-bond donors (Lipinski definition) is 1. The fourth-order valence-corrected chi connectivity index (χ4v) is 4.61. The first-order valence-corrected chi connectivity index (χ1v) is 7.02. The van der Waals surface area contributed by atoms with Gasteiger partial charge in [0.2, 0.25) is 0 Å². The Morgan fingerprint density at radius 2 is 2.07 bits per heavy atom. The molecule has 3 rings (SSSR count). The maximum Gasteiger partial charge on any atom is 0.00203 e. The van der Waals surface area contributed by atoms with Gasteiger partial charge in [-0.25, -0.2) is 0 Å². The highest BCUT2D eigenvalue weighted by molar-refractivity contribution is 4.98. The highest BCUT2D eigenvalue weighted by atomic mass is 15.0. The van der Waals surface area contributed by atoms with E-state index in [1.165, 1.54) is 25.9 Å². The standard InChI is InChI=1S/C14H25N/c1-2-5-14(9-15-10-14)8-13-7-11-3-4-12(13)6-11/h11-13,15H,2-10H2,1H3. The van der Waals surface area contributed by atoms with E-state index in [2.05, 4.69) is 12.2 Å². The van der Waals surface area contributed by atoms with E-state index in [1.54, 1.807) is 32.1 Å². The van der Waals surface area contributed by atoms with Crippen LogP contribution in [0, 0.1) is 23.2 Å². The van der Waals surface area contributed by atoms with Gasteiger partial charge in [-0.3, -0.25) is 0 Å². The number of nitrogens with one attached hydrogen (secondary N) is 1. The van der Waals surface area contributed by atoms with Gasteiger partial charge in [0.05, 0.1) is 0 Å². The fourth-order valence-electron chi connectivity index (χ4n) is 4.61. The molecule has 3 unspecified atom stereocenters. The zero-order chi connectivity index (χ0) is 10.3. The Bertz CT molecular complexity index is 231. The Hall–Kier alpha value is -0.0400. The molecule has 1 heterocycles. The number of fused-ring (bicyclic) bond motifs is 2. The predicted octanol–water partition coefficient (Wildman–Crippen LogP) is 3.20. The minimum atomic E-state index is 0.726. The highest BCUT2D eigenvalue weighted by Crippen LogP contribution is 2.53. The van der Waals surface area contributed by atoms with Crippen LogP contribution in [0.15, 0.2) is 0 Å². The van der Waals surface area contributed by atoms with Crippen LogP contribution in [0.5, 0.6) is 0 Å². The van der Waals surface area contributed by atoms with Crippen LogP contribution in [0.2, 0.25) is 0 Å². The molecule has 2 bridgehead atoms. The highest BCUT2D eigenvalue weighted by Gasteiger charge is 2.45. The van der Waals surface area contributed by atoms with Crippen LogP contribution in [0.4, 0.5) is 0 Å². The second-order valence-corrected chi connectivity index (χ2v) is 6.49. The lowest BCUT2D eigenvalue weighted by Gasteiger charge is -2.46. The molecule has 1 N–H and O–H groups in total. The zero-order valence-electron chi connectivity index (χ0n) is 10.1. The summed E-state index contributed by atoms with van der Waals surface area (Å²) in [5, 5.41) is 3.50. The van der Waals surface area contributed by atoms with Crippen molar-refractivity contribution in [3.8, 4) is 0 Å². The molecule has 0 amide bonds. The summed E-state index contributed by atoms with van der Waals surface area (Å²) < 4.78 is 0. The average Bonchev–Trinajstić information content (AvgIpc) is 2.75. The minimum Gasteiger partial charge on any atom is -0.316 e. The van der Waals surface area contributed by atoms with Crippen LogP contribution in [0.25, 0.3) is 0 Å². The molecule has 1 heteroatoms. The second kappa shape index (κ2) is 3.76. The molecular formula is C14H25N. The normalized spacial score (nSPS) is 41.8. The topological polar surface area (TPSA) is 12.0 Å². The first kappa shape index (κ1) is 10.1. The largest absolute Gasteiger partial charge is 0.316 e. The Labute approximate surface area is 94.0 Å². The van der Waals surface area contributed by atoms with Crippen LogP contribution in [-0.4, -0.2) is 13.1 Å². The molecule has 2 aliphatic carbocycles. The van der Waals surface area contributed by atoms with Gasteiger partial charge in [0.25, 0.3) is 0 Å². The summed E-state index contributed by atoms with van der Waals surface area (Å²) in [6.07, 6.45) is 10.7. The van der Waals surface area contributed by atoms with Crippen molar-refractivity contribution in [2.45, 2.75) is 51.9 Å². The summed E-state index contributed by atoms with van der Waals surface area (Å²) in [7, 11) is 0. The van der Waals surface area contributed by atoms with Crippen LogP contribution < -0.4 is 5.32 Å². The van der Waals surface area contributed by atoms with Gasteiger partial charge in [-0.15, -0.1) is 0 Å². The Morgan fingerprint density at radius 3 is 2.53 bits per heavy atom. The molecule has 0 radical (unpaired) electrons. The van der Waals surface area contributed by atoms with Crippen LogP contribution in [0.1, 0.15) is 51.9 Å². The quantitative estimate of drug-likeness (QED) is 0.746. The van der Waals surface area contributed by atoms with Crippen LogP contribution >= 0.6 is 0 Å². The van der Waals surface area contributed by atoms with Gasteiger partial charge < -0.3 is 5.32 Å². The van der Waals surface area contributed by atoms with E-state index in [0.29, 0.717) is 0 Å². The molecule has 2 saturated carbocycles. The van der Waals surface area contributed by atoms with E-state index in [9.17, 15) is 0 Å². The molecule has 3 fully saturated rings. The monoisotopic (exact) mass is 207 g/mol. The van der Waals surface area contributed by atoms with E-state index in [1.807, 2.05) is 0 Å². The summed E-state index contributed by atoms with van der Waals surface area (Å²) in [6, 6.07) is 0. The van der Waals surface area contributed by atoms with E-state index in [0.717, 1.165) is 23.2 Å². The molecule has 1 saturated heterocycles. The molecule has 0 aromatic carbocycles. The first-order chi connectivity index (χ1) is 7.31. The van der Waals surface area contributed by atoms with Crippen molar-refractivity contribution in [1.29, 1.82) is 0 Å².